The zero-order valence-electron chi connectivity index (χ0n) is 44.2. The Morgan fingerprint density at radius 2 is 0.636 bits per heavy atom. The Morgan fingerprint density at radius 1 is 0.364 bits per heavy atom. The second kappa shape index (κ2) is 54.5. The van der Waals surface area contributed by atoms with Gasteiger partial charge in [0, 0.05) is 0 Å². The van der Waals surface area contributed by atoms with Crippen LogP contribution in [0.3, 0.4) is 0 Å². The molecule has 0 aromatic heterocycles. The van der Waals surface area contributed by atoms with Crippen molar-refractivity contribution in [2.24, 2.45) is 0 Å². The van der Waals surface area contributed by atoms with Crippen LogP contribution < -0.4 is 5.32 Å². The Kier molecular flexibility index (Phi) is 53.3. The van der Waals surface area contributed by atoms with Gasteiger partial charge in [-0.2, -0.15) is 0 Å². The fourth-order valence-corrected chi connectivity index (χ4v) is 9.18. The number of allylic oxidation sites excluding steroid dienone is 6. The van der Waals surface area contributed by atoms with Gasteiger partial charge in [0.1, 0.15) is 12.2 Å². The maximum absolute atomic E-state index is 12.6. The van der Waals surface area contributed by atoms with E-state index in [0.29, 0.717) is 19.3 Å². The quantitative estimate of drug-likeness (QED) is 0.0308. The van der Waals surface area contributed by atoms with Crippen LogP contribution in [0, 0.1) is 0 Å². The molecule has 6 heteroatoms. The molecule has 0 fully saturated rings. The van der Waals surface area contributed by atoms with Crippen LogP contribution in [-0.2, 0) is 4.79 Å². The third-order valence-electron chi connectivity index (χ3n) is 13.8. The van der Waals surface area contributed by atoms with Crippen LogP contribution in [0.15, 0.2) is 36.5 Å². The molecular formula is C60H115NO5. The summed E-state index contributed by atoms with van der Waals surface area (Å²) in [5, 5.41) is 43.9. The van der Waals surface area contributed by atoms with Crippen molar-refractivity contribution in [2.45, 2.75) is 334 Å². The number of carbonyl (C=O) groups is 1. The number of unbranched alkanes of at least 4 members (excludes halogenated alkanes) is 39. The van der Waals surface area contributed by atoms with Crippen molar-refractivity contribution in [3.05, 3.63) is 36.5 Å². The first-order valence-corrected chi connectivity index (χ1v) is 29.4. The van der Waals surface area contributed by atoms with Crippen molar-refractivity contribution in [3.8, 4) is 0 Å². The molecule has 0 spiro atoms. The van der Waals surface area contributed by atoms with E-state index in [1.165, 1.54) is 238 Å². The van der Waals surface area contributed by atoms with Gasteiger partial charge in [-0.05, 0) is 77.0 Å². The van der Waals surface area contributed by atoms with E-state index < -0.39 is 36.9 Å². The van der Waals surface area contributed by atoms with Crippen LogP contribution in [0.2, 0.25) is 0 Å². The minimum atomic E-state index is -1.29. The van der Waals surface area contributed by atoms with Crippen molar-refractivity contribution in [1.82, 2.24) is 5.32 Å². The summed E-state index contributed by atoms with van der Waals surface area (Å²) in [4.78, 5) is 12.6. The summed E-state index contributed by atoms with van der Waals surface area (Å²) in [5.74, 6) is -0.594. The molecule has 0 aromatic rings. The van der Waals surface area contributed by atoms with E-state index >= 15 is 0 Å². The molecule has 0 aliphatic carbocycles. The lowest BCUT2D eigenvalue weighted by Crippen LogP contribution is -2.53. The van der Waals surface area contributed by atoms with Crippen molar-refractivity contribution < 1.29 is 25.2 Å². The van der Waals surface area contributed by atoms with Gasteiger partial charge in [-0.15, -0.1) is 0 Å². The maximum Gasteiger partial charge on any atom is 0.249 e. The first-order chi connectivity index (χ1) is 32.5. The van der Waals surface area contributed by atoms with Gasteiger partial charge in [0.05, 0.1) is 18.8 Å². The number of aliphatic hydroxyl groups excluding tert-OH is 4. The van der Waals surface area contributed by atoms with Gasteiger partial charge in [-0.3, -0.25) is 4.79 Å². The highest BCUT2D eigenvalue weighted by Crippen LogP contribution is 2.17. The van der Waals surface area contributed by atoms with Crippen LogP contribution >= 0.6 is 0 Å². The molecule has 0 radical (unpaired) electrons. The van der Waals surface area contributed by atoms with Crippen LogP contribution in [0.4, 0.5) is 0 Å². The van der Waals surface area contributed by atoms with E-state index in [-0.39, 0.29) is 0 Å². The summed E-state index contributed by atoms with van der Waals surface area (Å²) in [7, 11) is 0. The molecule has 0 bridgehead atoms. The molecule has 0 aromatic carbocycles. The SMILES string of the molecule is CCCCCCCCCCCC/C=C/CC/C=C/CCCC(O)C(O)C(CO)NC(=O)C(O)CCCCCCCCCCCCCCCCC/C=C\CCCCCCCCCCCCCC. The average molecular weight is 931 g/mol. The Balaban J connectivity index is 3.62. The molecule has 0 aliphatic heterocycles. The standard InChI is InChI=1S/C60H115NO5/c1-3-5-7-9-11-13-15-17-19-21-23-24-25-26-27-28-29-30-31-32-33-34-36-38-40-42-44-46-48-50-52-54-58(64)60(66)61-56(55-62)59(65)57(63)53-51-49-47-45-43-41-39-37-35-22-20-18-16-14-12-10-8-6-4-2/h26-27,37,39,45,47,56-59,62-65H,3-25,28-36,38,40-44,46,48-55H2,1-2H3,(H,61,66)/b27-26-,39-37+,47-45+. The van der Waals surface area contributed by atoms with E-state index in [4.69, 9.17) is 0 Å². The van der Waals surface area contributed by atoms with E-state index in [1.807, 2.05) is 0 Å². The molecule has 1 amide bonds. The van der Waals surface area contributed by atoms with Gasteiger partial charge < -0.3 is 25.7 Å². The van der Waals surface area contributed by atoms with Gasteiger partial charge in [0.25, 0.3) is 0 Å². The van der Waals surface area contributed by atoms with Crippen LogP contribution in [0.1, 0.15) is 309 Å². The average Bonchev–Trinajstić information content (AvgIpc) is 3.32. The molecule has 390 valence electrons. The van der Waals surface area contributed by atoms with Gasteiger partial charge in [0.2, 0.25) is 5.91 Å². The first-order valence-electron chi connectivity index (χ1n) is 29.4. The van der Waals surface area contributed by atoms with Gasteiger partial charge in [-0.1, -0.05) is 269 Å². The molecule has 5 N–H and O–H groups in total. The van der Waals surface area contributed by atoms with Crippen molar-refractivity contribution in [3.63, 3.8) is 0 Å². The van der Waals surface area contributed by atoms with Crippen LogP contribution in [0.5, 0.6) is 0 Å². The third-order valence-corrected chi connectivity index (χ3v) is 13.8. The number of hydrogen-bond acceptors (Lipinski definition) is 5. The summed E-state index contributed by atoms with van der Waals surface area (Å²) >= 11 is 0. The van der Waals surface area contributed by atoms with Crippen LogP contribution in [-0.4, -0.2) is 57.3 Å². The lowest BCUT2D eigenvalue weighted by atomic mass is 10.00. The molecule has 0 rings (SSSR count). The second-order valence-electron chi connectivity index (χ2n) is 20.3. The lowest BCUT2D eigenvalue weighted by molar-refractivity contribution is -0.132. The van der Waals surface area contributed by atoms with Gasteiger partial charge in [0.15, 0.2) is 0 Å². The van der Waals surface area contributed by atoms with Crippen molar-refractivity contribution in [1.29, 1.82) is 0 Å². The van der Waals surface area contributed by atoms with Gasteiger partial charge in [-0.25, -0.2) is 0 Å². The summed E-state index contributed by atoms with van der Waals surface area (Å²) < 4.78 is 0. The van der Waals surface area contributed by atoms with E-state index in [0.717, 1.165) is 38.5 Å². The Morgan fingerprint density at radius 3 is 0.955 bits per heavy atom. The normalized spacial score (nSPS) is 14.0. The summed E-state index contributed by atoms with van der Waals surface area (Å²) in [6.45, 7) is 4.07. The Bertz CT molecular complexity index is 1040. The fraction of sp³-hybridized carbons (Fsp3) is 0.883. The number of aliphatic hydroxyl groups is 4. The van der Waals surface area contributed by atoms with Crippen molar-refractivity contribution >= 4 is 5.91 Å². The molecule has 0 aliphatic rings. The molecule has 66 heavy (non-hydrogen) atoms. The molecule has 0 heterocycles. The minimum absolute atomic E-state index is 0.362. The molecule has 0 saturated heterocycles. The van der Waals surface area contributed by atoms with Gasteiger partial charge >= 0.3 is 0 Å². The molecule has 4 unspecified atom stereocenters. The van der Waals surface area contributed by atoms with E-state index in [1.54, 1.807) is 0 Å². The number of amides is 1. The van der Waals surface area contributed by atoms with E-state index in [2.05, 4.69) is 55.6 Å². The maximum atomic E-state index is 12.6. The second-order valence-corrected chi connectivity index (χ2v) is 20.3. The van der Waals surface area contributed by atoms with E-state index in [9.17, 15) is 25.2 Å². The monoisotopic (exact) mass is 930 g/mol. The third kappa shape index (κ3) is 47.6. The first kappa shape index (κ1) is 64.5. The minimum Gasteiger partial charge on any atom is -0.394 e. The fourth-order valence-electron chi connectivity index (χ4n) is 9.18. The van der Waals surface area contributed by atoms with Crippen molar-refractivity contribution in [2.75, 3.05) is 6.61 Å². The number of nitrogens with one attached hydrogen (secondary N) is 1. The Labute approximate surface area is 411 Å². The zero-order chi connectivity index (χ0) is 48.1. The summed E-state index contributed by atoms with van der Waals surface area (Å²) in [6, 6.07) is -1.01. The zero-order valence-corrected chi connectivity index (χ0v) is 44.2. The predicted molar refractivity (Wildman–Crippen MR) is 288 cm³/mol. The predicted octanol–water partition coefficient (Wildman–Crippen LogP) is 17.2. The lowest BCUT2D eigenvalue weighted by Gasteiger charge is -2.27. The molecular weight excluding hydrogens is 815 g/mol. The van der Waals surface area contributed by atoms with Crippen LogP contribution in [0.25, 0.3) is 0 Å². The highest BCUT2D eigenvalue weighted by molar-refractivity contribution is 5.80. The number of rotatable bonds is 54. The topological polar surface area (TPSA) is 110 Å². The summed E-state index contributed by atoms with van der Waals surface area (Å²) in [5.41, 5.74) is 0. The highest BCUT2D eigenvalue weighted by Gasteiger charge is 2.28. The smallest absolute Gasteiger partial charge is 0.249 e. The number of hydrogen-bond donors (Lipinski definition) is 5. The Hall–Kier alpha value is -1.47. The number of carbonyl (C=O) groups excluding carboxylic acids is 1. The highest BCUT2D eigenvalue weighted by atomic mass is 16.3. The largest absolute Gasteiger partial charge is 0.394 e. The molecule has 6 nitrogen and oxygen atoms in total. The summed E-state index contributed by atoms with van der Waals surface area (Å²) in [6.07, 6.45) is 68.0. The molecule has 0 saturated carbocycles. The molecule has 4 atom stereocenters.